The molecule has 0 aliphatic heterocycles. The van der Waals surface area contributed by atoms with Gasteiger partial charge in [0.05, 0.1) is 6.21 Å². The Hall–Kier alpha value is -2.47. The van der Waals surface area contributed by atoms with Crippen molar-refractivity contribution in [3.8, 4) is 5.69 Å². The molecule has 2 heterocycles. The molecule has 3 aromatic rings. The average Bonchev–Trinajstić information content (AvgIpc) is 2.82. The minimum Gasteiger partial charge on any atom is -0.318 e. The lowest BCUT2D eigenvalue weighted by Gasteiger charge is -2.09. The summed E-state index contributed by atoms with van der Waals surface area (Å²) in [5.74, 6) is 0.510. The van der Waals surface area contributed by atoms with Gasteiger partial charge in [-0.1, -0.05) is 15.9 Å². The van der Waals surface area contributed by atoms with Crippen LogP contribution in [0.5, 0.6) is 0 Å². The highest BCUT2D eigenvalue weighted by Gasteiger charge is 2.09. The standard InChI is InChI=1S/C19H20BrN5/c1-12-9-13(2)23-19(22-12)24-21-11-16-10-14(3)25(15(16)4)18-7-5-17(20)6-8-18/h5-11H,1-4H3,(H,22,23,24)/b21-11+. The third-order valence-corrected chi connectivity index (χ3v) is 4.43. The lowest BCUT2D eigenvalue weighted by molar-refractivity contribution is 0.964. The monoisotopic (exact) mass is 397 g/mol. The molecule has 0 unspecified atom stereocenters. The zero-order valence-electron chi connectivity index (χ0n) is 14.7. The van der Waals surface area contributed by atoms with E-state index in [4.69, 9.17) is 0 Å². The second kappa shape index (κ2) is 7.19. The van der Waals surface area contributed by atoms with Crippen LogP contribution in [-0.4, -0.2) is 20.7 Å². The summed E-state index contributed by atoms with van der Waals surface area (Å²) in [6.45, 7) is 8.06. The van der Waals surface area contributed by atoms with Gasteiger partial charge in [0.15, 0.2) is 0 Å². The maximum absolute atomic E-state index is 4.32. The Labute approximate surface area is 156 Å². The van der Waals surface area contributed by atoms with Crippen molar-refractivity contribution in [1.29, 1.82) is 0 Å². The summed E-state index contributed by atoms with van der Waals surface area (Å²) < 4.78 is 3.28. The van der Waals surface area contributed by atoms with Crippen molar-refractivity contribution in [1.82, 2.24) is 14.5 Å². The van der Waals surface area contributed by atoms with Crippen LogP contribution in [0, 0.1) is 27.7 Å². The number of halogens is 1. The Balaban J connectivity index is 1.84. The number of hydrazone groups is 1. The van der Waals surface area contributed by atoms with E-state index in [0.29, 0.717) is 5.95 Å². The molecule has 2 aromatic heterocycles. The van der Waals surface area contributed by atoms with Crippen molar-refractivity contribution in [2.45, 2.75) is 27.7 Å². The van der Waals surface area contributed by atoms with Crippen LogP contribution >= 0.6 is 15.9 Å². The van der Waals surface area contributed by atoms with Crippen LogP contribution in [0.3, 0.4) is 0 Å². The largest absolute Gasteiger partial charge is 0.318 e. The van der Waals surface area contributed by atoms with Crippen LogP contribution in [0.4, 0.5) is 5.95 Å². The van der Waals surface area contributed by atoms with Gasteiger partial charge in [-0.15, -0.1) is 0 Å². The predicted octanol–water partition coefficient (Wildman–Crippen LogP) is 4.71. The Bertz CT molecular complexity index is 905. The van der Waals surface area contributed by atoms with Gasteiger partial charge >= 0.3 is 0 Å². The average molecular weight is 398 g/mol. The van der Waals surface area contributed by atoms with E-state index < -0.39 is 0 Å². The van der Waals surface area contributed by atoms with E-state index in [2.05, 4.69) is 73.0 Å². The van der Waals surface area contributed by atoms with Gasteiger partial charge in [0.2, 0.25) is 5.95 Å². The number of nitrogens with zero attached hydrogens (tertiary/aromatic N) is 4. The number of benzene rings is 1. The maximum Gasteiger partial charge on any atom is 0.243 e. The number of nitrogens with one attached hydrogen (secondary N) is 1. The number of hydrogen-bond acceptors (Lipinski definition) is 4. The Morgan fingerprint density at radius 2 is 1.64 bits per heavy atom. The molecule has 0 spiro atoms. The number of rotatable bonds is 4. The predicted molar refractivity (Wildman–Crippen MR) is 106 cm³/mol. The minimum atomic E-state index is 0.510. The van der Waals surface area contributed by atoms with Gasteiger partial charge in [0.1, 0.15) is 0 Å². The first-order valence-corrected chi connectivity index (χ1v) is 8.79. The van der Waals surface area contributed by atoms with Gasteiger partial charge < -0.3 is 4.57 Å². The van der Waals surface area contributed by atoms with Crippen LogP contribution in [0.25, 0.3) is 5.69 Å². The molecule has 0 radical (unpaired) electrons. The van der Waals surface area contributed by atoms with Crippen molar-refractivity contribution in [2.75, 3.05) is 5.43 Å². The van der Waals surface area contributed by atoms with Gasteiger partial charge in [-0.2, -0.15) is 5.10 Å². The minimum absolute atomic E-state index is 0.510. The lowest BCUT2D eigenvalue weighted by atomic mass is 10.2. The summed E-state index contributed by atoms with van der Waals surface area (Å²) in [6.07, 6.45) is 1.80. The smallest absolute Gasteiger partial charge is 0.243 e. The van der Waals surface area contributed by atoms with Crippen LogP contribution in [0.15, 0.2) is 46.0 Å². The Morgan fingerprint density at radius 3 is 2.28 bits per heavy atom. The van der Waals surface area contributed by atoms with E-state index in [1.54, 1.807) is 6.21 Å². The highest BCUT2D eigenvalue weighted by Crippen LogP contribution is 2.21. The van der Waals surface area contributed by atoms with Gasteiger partial charge in [0.25, 0.3) is 0 Å². The number of hydrogen-bond donors (Lipinski definition) is 1. The molecule has 0 atom stereocenters. The molecule has 3 rings (SSSR count). The van der Waals surface area contributed by atoms with E-state index in [9.17, 15) is 0 Å². The summed E-state index contributed by atoms with van der Waals surface area (Å²) in [7, 11) is 0. The fraction of sp³-hybridized carbons (Fsp3) is 0.211. The third-order valence-electron chi connectivity index (χ3n) is 3.91. The third kappa shape index (κ3) is 3.96. The summed E-state index contributed by atoms with van der Waals surface area (Å²) >= 11 is 3.48. The van der Waals surface area contributed by atoms with Gasteiger partial charge in [-0.25, -0.2) is 15.4 Å². The molecule has 0 bridgehead atoms. The van der Waals surface area contributed by atoms with Gasteiger partial charge in [-0.3, -0.25) is 0 Å². The van der Waals surface area contributed by atoms with E-state index in [0.717, 1.165) is 38.5 Å². The molecule has 0 fully saturated rings. The van der Waals surface area contributed by atoms with E-state index in [1.807, 2.05) is 32.0 Å². The first kappa shape index (κ1) is 17.4. The maximum atomic E-state index is 4.32. The molecule has 0 aliphatic carbocycles. The fourth-order valence-corrected chi connectivity index (χ4v) is 3.11. The molecular formula is C19H20BrN5. The SMILES string of the molecule is Cc1cc(C)nc(N/N=C/c2cc(C)n(-c3ccc(Br)cc3)c2C)n1. The molecule has 6 heteroatoms. The van der Waals surface area contributed by atoms with Crippen LogP contribution < -0.4 is 5.43 Å². The Morgan fingerprint density at radius 1 is 1.00 bits per heavy atom. The van der Waals surface area contributed by atoms with Crippen molar-refractivity contribution in [3.63, 3.8) is 0 Å². The summed E-state index contributed by atoms with van der Waals surface area (Å²) in [6, 6.07) is 12.3. The molecule has 1 N–H and O–H groups in total. The number of aromatic nitrogens is 3. The van der Waals surface area contributed by atoms with E-state index >= 15 is 0 Å². The van der Waals surface area contributed by atoms with Crippen molar-refractivity contribution < 1.29 is 0 Å². The second-order valence-corrected chi connectivity index (χ2v) is 6.90. The Kier molecular flexibility index (Phi) is 4.99. The fourth-order valence-electron chi connectivity index (χ4n) is 2.84. The highest BCUT2D eigenvalue weighted by atomic mass is 79.9. The molecule has 1 aromatic carbocycles. The summed E-state index contributed by atoms with van der Waals surface area (Å²) in [5.41, 5.74) is 9.21. The van der Waals surface area contributed by atoms with E-state index in [-0.39, 0.29) is 0 Å². The molecule has 0 saturated carbocycles. The summed E-state index contributed by atoms with van der Waals surface area (Å²) in [4.78, 5) is 8.64. The zero-order valence-corrected chi connectivity index (χ0v) is 16.3. The summed E-state index contributed by atoms with van der Waals surface area (Å²) in [5, 5.41) is 4.30. The quantitative estimate of drug-likeness (QED) is 0.512. The molecule has 5 nitrogen and oxygen atoms in total. The van der Waals surface area contributed by atoms with Crippen LogP contribution in [0.1, 0.15) is 28.3 Å². The molecule has 0 aliphatic rings. The molecular weight excluding hydrogens is 378 g/mol. The van der Waals surface area contributed by atoms with Gasteiger partial charge in [-0.05, 0) is 64.1 Å². The normalized spacial score (nSPS) is 11.2. The first-order chi connectivity index (χ1) is 11.9. The van der Waals surface area contributed by atoms with Crippen molar-refractivity contribution >= 4 is 28.1 Å². The second-order valence-electron chi connectivity index (χ2n) is 5.98. The molecule has 0 amide bonds. The van der Waals surface area contributed by atoms with Gasteiger partial charge in [0, 0.05) is 38.5 Å². The molecule has 25 heavy (non-hydrogen) atoms. The number of anilines is 1. The van der Waals surface area contributed by atoms with Crippen molar-refractivity contribution in [3.05, 3.63) is 69.2 Å². The highest BCUT2D eigenvalue weighted by molar-refractivity contribution is 9.10. The lowest BCUT2D eigenvalue weighted by Crippen LogP contribution is -2.01. The first-order valence-electron chi connectivity index (χ1n) is 8.00. The topological polar surface area (TPSA) is 55.1 Å². The molecule has 128 valence electrons. The molecule has 0 saturated heterocycles. The van der Waals surface area contributed by atoms with Crippen LogP contribution in [0.2, 0.25) is 0 Å². The number of aryl methyl sites for hydroxylation is 3. The van der Waals surface area contributed by atoms with Crippen molar-refractivity contribution in [2.24, 2.45) is 5.10 Å². The van der Waals surface area contributed by atoms with Crippen LogP contribution in [-0.2, 0) is 0 Å². The zero-order chi connectivity index (χ0) is 18.0. The van der Waals surface area contributed by atoms with E-state index in [1.165, 1.54) is 0 Å².